The van der Waals surface area contributed by atoms with Crippen molar-refractivity contribution in [3.8, 4) is 0 Å². The third kappa shape index (κ3) is 3.47. The first-order chi connectivity index (χ1) is 11.9. The van der Waals surface area contributed by atoms with Crippen LogP contribution >= 0.6 is 0 Å². The number of piperazine rings is 1. The maximum Gasteiger partial charge on any atom is 0.0717 e. The Balaban J connectivity index is 1.26. The molecule has 0 aliphatic carbocycles. The van der Waals surface area contributed by atoms with Gasteiger partial charge in [0.1, 0.15) is 0 Å². The van der Waals surface area contributed by atoms with Crippen LogP contribution in [-0.2, 0) is 17.8 Å². The number of hydrogen-bond donors (Lipinski definition) is 0. The van der Waals surface area contributed by atoms with Gasteiger partial charge in [-0.05, 0) is 30.0 Å². The summed E-state index contributed by atoms with van der Waals surface area (Å²) in [5.41, 5.74) is 4.24. The number of benzene rings is 2. The van der Waals surface area contributed by atoms with Gasteiger partial charge < -0.3 is 9.64 Å². The third-order valence-electron chi connectivity index (χ3n) is 5.28. The Bertz CT molecular complexity index is 658. The number of aryl methyl sites for hydroxylation is 1. The van der Waals surface area contributed by atoms with Crippen LogP contribution in [0, 0.1) is 0 Å². The fourth-order valence-electron chi connectivity index (χ4n) is 3.97. The van der Waals surface area contributed by atoms with Crippen molar-refractivity contribution in [2.75, 3.05) is 37.7 Å². The van der Waals surface area contributed by atoms with Gasteiger partial charge in [0, 0.05) is 37.9 Å². The van der Waals surface area contributed by atoms with E-state index in [-0.39, 0.29) is 0 Å². The van der Waals surface area contributed by atoms with E-state index in [9.17, 15) is 0 Å². The van der Waals surface area contributed by atoms with Crippen LogP contribution < -0.4 is 4.90 Å². The number of ether oxygens (including phenoxy) is 1. The highest BCUT2D eigenvalue weighted by Gasteiger charge is 2.30. The summed E-state index contributed by atoms with van der Waals surface area (Å²) < 4.78 is 5.86. The van der Waals surface area contributed by atoms with E-state index >= 15 is 0 Å². The molecule has 0 saturated carbocycles. The number of fused-ring (bicyclic) bond motifs is 3. The zero-order chi connectivity index (χ0) is 16.2. The first-order valence-electron chi connectivity index (χ1n) is 9.09. The molecule has 1 atom stereocenters. The highest BCUT2D eigenvalue weighted by molar-refractivity contribution is 5.57. The van der Waals surface area contributed by atoms with Gasteiger partial charge in [0.2, 0.25) is 0 Å². The molecule has 1 unspecified atom stereocenters. The molecule has 0 radical (unpaired) electrons. The molecule has 1 saturated heterocycles. The molecule has 0 bridgehead atoms. The predicted molar refractivity (Wildman–Crippen MR) is 98.4 cm³/mol. The van der Waals surface area contributed by atoms with Crippen molar-refractivity contribution in [1.29, 1.82) is 0 Å². The monoisotopic (exact) mass is 322 g/mol. The standard InChI is InChI=1S/C21H26N2O/c1-2-6-18(7-3-1)17-24-15-14-22-12-13-23-20(16-22)11-10-19-8-4-5-9-21(19)23/h1-9,20H,10-17H2. The molecule has 24 heavy (non-hydrogen) atoms. The minimum Gasteiger partial charge on any atom is -0.375 e. The van der Waals surface area contributed by atoms with Crippen LogP contribution in [0.1, 0.15) is 17.5 Å². The molecule has 2 heterocycles. The Morgan fingerprint density at radius 1 is 0.958 bits per heavy atom. The SMILES string of the molecule is c1ccc(COCCN2CCN3c4ccccc4CCC3C2)cc1. The molecule has 2 aromatic rings. The van der Waals surface area contributed by atoms with Crippen molar-refractivity contribution in [3.05, 3.63) is 65.7 Å². The summed E-state index contributed by atoms with van der Waals surface area (Å²) in [4.78, 5) is 5.19. The van der Waals surface area contributed by atoms with E-state index in [0.29, 0.717) is 6.04 Å². The molecule has 0 amide bonds. The Morgan fingerprint density at radius 3 is 2.71 bits per heavy atom. The molecule has 0 N–H and O–H groups in total. The number of para-hydroxylation sites is 1. The average Bonchev–Trinajstić information content (AvgIpc) is 2.66. The molecule has 126 valence electrons. The summed E-state index contributed by atoms with van der Waals surface area (Å²) in [5.74, 6) is 0. The molecule has 2 aliphatic heterocycles. The van der Waals surface area contributed by atoms with E-state index in [1.54, 1.807) is 0 Å². The Labute approximate surface area is 144 Å². The third-order valence-corrected chi connectivity index (χ3v) is 5.28. The average molecular weight is 322 g/mol. The smallest absolute Gasteiger partial charge is 0.0717 e. The first kappa shape index (κ1) is 15.7. The lowest BCUT2D eigenvalue weighted by Crippen LogP contribution is -2.55. The summed E-state index contributed by atoms with van der Waals surface area (Å²) in [6.07, 6.45) is 2.49. The van der Waals surface area contributed by atoms with Gasteiger partial charge in [-0.1, -0.05) is 48.5 Å². The summed E-state index contributed by atoms with van der Waals surface area (Å²) in [6.45, 7) is 6.03. The Morgan fingerprint density at radius 2 is 1.79 bits per heavy atom. The molecule has 1 fully saturated rings. The predicted octanol–water partition coefficient (Wildman–Crippen LogP) is 3.34. The van der Waals surface area contributed by atoms with Crippen molar-refractivity contribution < 1.29 is 4.74 Å². The zero-order valence-electron chi connectivity index (χ0n) is 14.2. The van der Waals surface area contributed by atoms with E-state index in [1.807, 2.05) is 6.07 Å². The topological polar surface area (TPSA) is 15.7 Å². The fraction of sp³-hybridized carbons (Fsp3) is 0.429. The quantitative estimate of drug-likeness (QED) is 0.785. The fourth-order valence-corrected chi connectivity index (χ4v) is 3.97. The molecular formula is C21H26N2O. The van der Waals surface area contributed by atoms with Gasteiger partial charge in [0.15, 0.2) is 0 Å². The van der Waals surface area contributed by atoms with Gasteiger partial charge in [-0.3, -0.25) is 4.90 Å². The molecule has 3 heteroatoms. The second-order valence-electron chi connectivity index (χ2n) is 6.85. The number of hydrogen-bond acceptors (Lipinski definition) is 3. The van der Waals surface area contributed by atoms with Gasteiger partial charge in [0.05, 0.1) is 13.2 Å². The van der Waals surface area contributed by atoms with E-state index in [4.69, 9.17) is 4.74 Å². The van der Waals surface area contributed by atoms with E-state index in [1.165, 1.54) is 36.2 Å². The summed E-state index contributed by atoms with van der Waals surface area (Å²) in [6, 6.07) is 20.0. The maximum atomic E-state index is 5.86. The molecule has 4 rings (SSSR count). The van der Waals surface area contributed by atoms with Gasteiger partial charge in [-0.15, -0.1) is 0 Å². The zero-order valence-corrected chi connectivity index (χ0v) is 14.2. The summed E-state index contributed by atoms with van der Waals surface area (Å²) >= 11 is 0. The van der Waals surface area contributed by atoms with Crippen LogP contribution in [0.25, 0.3) is 0 Å². The highest BCUT2D eigenvalue weighted by atomic mass is 16.5. The largest absolute Gasteiger partial charge is 0.375 e. The van der Waals surface area contributed by atoms with Gasteiger partial charge in [-0.25, -0.2) is 0 Å². The van der Waals surface area contributed by atoms with Gasteiger partial charge >= 0.3 is 0 Å². The van der Waals surface area contributed by atoms with Crippen molar-refractivity contribution in [2.45, 2.75) is 25.5 Å². The summed E-state index contributed by atoms with van der Waals surface area (Å²) in [5, 5.41) is 0. The molecule has 0 spiro atoms. The van der Waals surface area contributed by atoms with E-state index in [2.05, 4.69) is 58.3 Å². The normalized spacial score (nSPS) is 20.5. The van der Waals surface area contributed by atoms with Crippen LogP contribution in [0.5, 0.6) is 0 Å². The lowest BCUT2D eigenvalue weighted by atomic mass is 9.94. The number of anilines is 1. The minimum atomic E-state index is 0.669. The van der Waals surface area contributed by atoms with Crippen molar-refractivity contribution in [3.63, 3.8) is 0 Å². The van der Waals surface area contributed by atoms with Crippen molar-refractivity contribution in [2.24, 2.45) is 0 Å². The Kier molecular flexibility index (Phi) is 4.81. The van der Waals surface area contributed by atoms with E-state index < -0.39 is 0 Å². The minimum absolute atomic E-state index is 0.669. The first-order valence-corrected chi connectivity index (χ1v) is 9.09. The maximum absolute atomic E-state index is 5.86. The second kappa shape index (κ2) is 7.37. The lowest BCUT2D eigenvalue weighted by molar-refractivity contribution is 0.0849. The van der Waals surface area contributed by atoms with Crippen LogP contribution in [0.15, 0.2) is 54.6 Å². The molecule has 2 aromatic carbocycles. The molecule has 3 nitrogen and oxygen atoms in total. The van der Waals surface area contributed by atoms with Crippen molar-refractivity contribution >= 4 is 5.69 Å². The molecular weight excluding hydrogens is 296 g/mol. The highest BCUT2D eigenvalue weighted by Crippen LogP contribution is 2.32. The van der Waals surface area contributed by atoms with Crippen LogP contribution in [0.4, 0.5) is 5.69 Å². The van der Waals surface area contributed by atoms with Gasteiger partial charge in [-0.2, -0.15) is 0 Å². The van der Waals surface area contributed by atoms with Crippen LogP contribution in [0.2, 0.25) is 0 Å². The van der Waals surface area contributed by atoms with Crippen LogP contribution in [-0.4, -0.2) is 43.7 Å². The van der Waals surface area contributed by atoms with E-state index in [0.717, 1.165) is 32.8 Å². The number of rotatable bonds is 5. The lowest BCUT2D eigenvalue weighted by Gasteiger charge is -2.46. The molecule has 2 aliphatic rings. The number of nitrogens with zero attached hydrogens (tertiary/aromatic N) is 2. The second-order valence-corrected chi connectivity index (χ2v) is 6.85. The Hall–Kier alpha value is -1.84. The van der Waals surface area contributed by atoms with Crippen LogP contribution in [0.3, 0.4) is 0 Å². The van der Waals surface area contributed by atoms with Gasteiger partial charge in [0.25, 0.3) is 0 Å². The van der Waals surface area contributed by atoms with Crippen molar-refractivity contribution in [1.82, 2.24) is 4.90 Å². The molecule has 0 aromatic heterocycles. The summed E-state index contributed by atoms with van der Waals surface area (Å²) in [7, 11) is 0.